The van der Waals surface area contributed by atoms with Crippen LogP contribution in [0.25, 0.3) is 0 Å². The number of phosphoric ester groups is 1. The zero-order valence-corrected chi connectivity index (χ0v) is 37.3. The van der Waals surface area contributed by atoms with E-state index >= 15 is 0 Å². The fourth-order valence-corrected chi connectivity index (χ4v) is 7.37. The maximum Gasteiger partial charge on any atom is 0.472 e. The molecule has 0 aliphatic heterocycles. The van der Waals surface area contributed by atoms with Crippen molar-refractivity contribution < 1.29 is 37.6 Å². The van der Waals surface area contributed by atoms with Crippen LogP contribution in [0.4, 0.5) is 0 Å². The minimum atomic E-state index is -4.38. The van der Waals surface area contributed by atoms with Gasteiger partial charge in [-0.3, -0.25) is 18.6 Å². The molecule has 0 bridgehead atoms. The molecule has 0 saturated heterocycles. The van der Waals surface area contributed by atoms with Crippen LogP contribution in [0.5, 0.6) is 0 Å². The summed E-state index contributed by atoms with van der Waals surface area (Å²) in [5, 5.41) is 0. The van der Waals surface area contributed by atoms with Crippen molar-refractivity contribution in [2.45, 2.75) is 232 Å². The summed E-state index contributed by atoms with van der Waals surface area (Å²) in [6.07, 6.45) is 46.3. The lowest BCUT2D eigenvalue weighted by Gasteiger charge is -2.19. The molecule has 9 nitrogen and oxygen atoms in total. The van der Waals surface area contributed by atoms with E-state index in [0.29, 0.717) is 6.42 Å². The van der Waals surface area contributed by atoms with Crippen molar-refractivity contribution in [2.75, 3.05) is 26.4 Å². The minimum Gasteiger partial charge on any atom is -0.462 e. The Kier molecular flexibility index (Phi) is 41.9. The number of unbranched alkanes of at least 4 members (excludes halogenated alkanes) is 27. The molecule has 0 aromatic carbocycles. The molecule has 10 heteroatoms. The molecule has 0 spiro atoms. The molecule has 0 amide bonds. The molecule has 0 aliphatic carbocycles. The maximum atomic E-state index is 12.6. The molecule has 0 aliphatic rings. The normalized spacial score (nSPS) is 13.4. The summed E-state index contributed by atoms with van der Waals surface area (Å²) in [4.78, 5) is 34.9. The molecule has 56 heavy (non-hydrogen) atoms. The molecule has 0 heterocycles. The highest BCUT2D eigenvalue weighted by molar-refractivity contribution is 7.47. The van der Waals surface area contributed by atoms with E-state index < -0.39 is 26.5 Å². The van der Waals surface area contributed by atoms with Gasteiger partial charge in [0.25, 0.3) is 0 Å². The molecule has 330 valence electrons. The van der Waals surface area contributed by atoms with Crippen molar-refractivity contribution in [1.82, 2.24) is 0 Å². The van der Waals surface area contributed by atoms with E-state index in [4.69, 9.17) is 24.3 Å². The highest BCUT2D eigenvalue weighted by Gasteiger charge is 2.26. The van der Waals surface area contributed by atoms with Crippen molar-refractivity contribution in [3.05, 3.63) is 24.3 Å². The van der Waals surface area contributed by atoms with Gasteiger partial charge in [0.2, 0.25) is 0 Å². The van der Waals surface area contributed by atoms with Crippen molar-refractivity contribution in [1.29, 1.82) is 0 Å². The standard InChI is InChI=1S/C46H88NO8P/c1-3-5-7-9-11-13-15-17-19-21-22-23-25-27-29-31-33-35-37-39-46(49)55-44(43-54-56(50,51)53-41-40-47)42-52-45(48)38-36-34-32-30-28-26-24-20-18-16-14-12-10-8-6-4-2/h11,13,17,19,44H,3-10,12,14-16,18,20-43,47H2,1-2H3,(H,50,51)/b13-11+,19-17+/t44-/m1/s1. The van der Waals surface area contributed by atoms with Crippen molar-refractivity contribution in [3.8, 4) is 0 Å². The Balaban J connectivity index is 4.09. The SMILES string of the molecule is CCCCC/C=C/C/C=C/CCCCCCCCCCCC(=O)O[C@H](COC(=O)CCCCCCCCCCCCCCCCCC)COP(=O)(O)OCCN. The number of hydrogen-bond donors (Lipinski definition) is 2. The van der Waals surface area contributed by atoms with Gasteiger partial charge in [-0.25, -0.2) is 4.57 Å². The third kappa shape index (κ3) is 42.1. The molecule has 1 unspecified atom stereocenters. The fraction of sp³-hybridized carbons (Fsp3) is 0.870. The molecule has 0 rings (SSSR count). The summed E-state index contributed by atoms with van der Waals surface area (Å²) in [6, 6.07) is 0. The second-order valence-corrected chi connectivity index (χ2v) is 17.1. The van der Waals surface area contributed by atoms with Crippen LogP contribution in [0.15, 0.2) is 24.3 Å². The summed E-state index contributed by atoms with van der Waals surface area (Å²) in [7, 11) is -4.38. The number of nitrogens with two attached hydrogens (primary N) is 1. The third-order valence-electron chi connectivity index (χ3n) is 10.1. The van der Waals surface area contributed by atoms with Crippen LogP contribution in [-0.2, 0) is 32.7 Å². The number of esters is 2. The molecule has 0 saturated carbocycles. The van der Waals surface area contributed by atoms with Crippen LogP contribution in [0, 0.1) is 0 Å². The smallest absolute Gasteiger partial charge is 0.462 e. The summed E-state index contributed by atoms with van der Waals surface area (Å²) in [5.74, 6) is -0.823. The van der Waals surface area contributed by atoms with Gasteiger partial charge in [-0.05, 0) is 44.9 Å². The number of rotatable bonds is 44. The molecule has 0 aromatic heterocycles. The first-order valence-corrected chi connectivity index (χ1v) is 24.8. The Morgan fingerprint density at radius 3 is 1.39 bits per heavy atom. The Hall–Kier alpha value is -1.51. The molecule has 0 aromatic rings. The third-order valence-corrected chi connectivity index (χ3v) is 11.1. The molecular formula is C46H88NO8P. The van der Waals surface area contributed by atoms with Crippen LogP contribution in [0.3, 0.4) is 0 Å². The summed E-state index contributed by atoms with van der Waals surface area (Å²) in [5.41, 5.74) is 5.35. The lowest BCUT2D eigenvalue weighted by atomic mass is 10.0. The van der Waals surface area contributed by atoms with Crippen LogP contribution in [0.1, 0.15) is 226 Å². The van der Waals surface area contributed by atoms with Crippen molar-refractivity contribution >= 4 is 19.8 Å². The quantitative estimate of drug-likeness (QED) is 0.0267. The minimum absolute atomic E-state index is 0.0544. The van der Waals surface area contributed by atoms with E-state index in [0.717, 1.165) is 51.4 Å². The number of carbonyl (C=O) groups excluding carboxylic acids is 2. The molecule has 2 atom stereocenters. The number of allylic oxidation sites excluding steroid dienone is 4. The first-order chi connectivity index (χ1) is 27.3. The second kappa shape index (κ2) is 43.1. The average Bonchev–Trinajstić information content (AvgIpc) is 3.18. The molecule has 3 N–H and O–H groups in total. The Labute approximate surface area is 344 Å². The van der Waals surface area contributed by atoms with E-state index in [2.05, 4.69) is 38.2 Å². The van der Waals surface area contributed by atoms with E-state index in [1.807, 2.05) is 0 Å². The van der Waals surface area contributed by atoms with Crippen molar-refractivity contribution in [2.24, 2.45) is 5.73 Å². The number of phosphoric acid groups is 1. The van der Waals surface area contributed by atoms with Gasteiger partial charge in [0.15, 0.2) is 6.10 Å². The van der Waals surface area contributed by atoms with Crippen LogP contribution >= 0.6 is 7.82 Å². The van der Waals surface area contributed by atoms with Crippen LogP contribution in [-0.4, -0.2) is 49.3 Å². The molecule has 0 radical (unpaired) electrons. The zero-order valence-electron chi connectivity index (χ0n) is 36.4. The molecule has 0 fully saturated rings. The Bertz CT molecular complexity index is 975. The first-order valence-electron chi connectivity index (χ1n) is 23.3. The Morgan fingerprint density at radius 2 is 0.929 bits per heavy atom. The maximum absolute atomic E-state index is 12.6. The predicted molar refractivity (Wildman–Crippen MR) is 234 cm³/mol. The Morgan fingerprint density at radius 1 is 0.536 bits per heavy atom. The van der Waals surface area contributed by atoms with Crippen molar-refractivity contribution in [3.63, 3.8) is 0 Å². The van der Waals surface area contributed by atoms with Gasteiger partial charge in [-0.15, -0.1) is 0 Å². The largest absolute Gasteiger partial charge is 0.472 e. The molecular weight excluding hydrogens is 725 g/mol. The lowest BCUT2D eigenvalue weighted by molar-refractivity contribution is -0.161. The van der Waals surface area contributed by atoms with Gasteiger partial charge in [0.05, 0.1) is 13.2 Å². The zero-order chi connectivity index (χ0) is 41.1. The van der Waals surface area contributed by atoms with Gasteiger partial charge < -0.3 is 20.1 Å². The van der Waals surface area contributed by atoms with Gasteiger partial charge in [-0.2, -0.15) is 0 Å². The van der Waals surface area contributed by atoms with E-state index in [-0.39, 0.29) is 38.6 Å². The van der Waals surface area contributed by atoms with Crippen LogP contribution < -0.4 is 5.73 Å². The average molecular weight is 814 g/mol. The van der Waals surface area contributed by atoms with E-state index in [9.17, 15) is 19.0 Å². The van der Waals surface area contributed by atoms with Gasteiger partial charge in [0, 0.05) is 19.4 Å². The lowest BCUT2D eigenvalue weighted by Crippen LogP contribution is -2.29. The van der Waals surface area contributed by atoms with Gasteiger partial charge in [-0.1, -0.05) is 192 Å². The highest BCUT2D eigenvalue weighted by atomic mass is 31.2. The summed E-state index contributed by atoms with van der Waals surface area (Å²) >= 11 is 0. The summed E-state index contributed by atoms with van der Waals surface area (Å²) < 4.78 is 32.8. The highest BCUT2D eigenvalue weighted by Crippen LogP contribution is 2.43. The second-order valence-electron chi connectivity index (χ2n) is 15.6. The fourth-order valence-electron chi connectivity index (χ4n) is 6.61. The van der Waals surface area contributed by atoms with Crippen LogP contribution in [0.2, 0.25) is 0 Å². The number of carbonyl (C=O) groups is 2. The summed E-state index contributed by atoms with van der Waals surface area (Å²) in [6.45, 7) is 3.74. The first kappa shape index (κ1) is 54.5. The van der Waals surface area contributed by atoms with E-state index in [1.54, 1.807) is 0 Å². The van der Waals surface area contributed by atoms with Gasteiger partial charge >= 0.3 is 19.8 Å². The van der Waals surface area contributed by atoms with E-state index in [1.165, 1.54) is 141 Å². The predicted octanol–water partition coefficient (Wildman–Crippen LogP) is 13.6. The number of hydrogen-bond acceptors (Lipinski definition) is 8. The number of ether oxygens (including phenoxy) is 2. The van der Waals surface area contributed by atoms with Gasteiger partial charge in [0.1, 0.15) is 6.61 Å². The topological polar surface area (TPSA) is 134 Å². The monoisotopic (exact) mass is 814 g/mol.